The van der Waals surface area contributed by atoms with E-state index >= 15 is 0 Å². The van der Waals surface area contributed by atoms with Crippen molar-refractivity contribution in [2.75, 3.05) is 5.75 Å². The molecule has 0 saturated carbocycles. The number of hydrogen-bond donors (Lipinski definition) is 0. The molecule has 2 rings (SSSR count). The zero-order chi connectivity index (χ0) is 15.3. The highest BCUT2D eigenvalue weighted by Crippen LogP contribution is 2.20. The maximum absolute atomic E-state index is 12.9. The van der Waals surface area contributed by atoms with Crippen LogP contribution in [0.15, 0.2) is 54.6 Å². The minimum atomic E-state index is -3.33. The zero-order valence-corrected chi connectivity index (χ0v) is 12.7. The fourth-order valence-electron chi connectivity index (χ4n) is 1.83. The summed E-state index contributed by atoms with van der Waals surface area (Å²) in [6.07, 6.45) is 3.35. The third kappa shape index (κ3) is 4.99. The van der Waals surface area contributed by atoms with Gasteiger partial charge in [0.2, 0.25) is 0 Å². The highest BCUT2D eigenvalue weighted by atomic mass is 35.5. The second kappa shape index (κ2) is 6.87. The van der Waals surface area contributed by atoms with Crippen molar-refractivity contribution < 1.29 is 12.8 Å². The van der Waals surface area contributed by atoms with E-state index in [2.05, 4.69) is 0 Å². The lowest BCUT2D eigenvalue weighted by Gasteiger charge is -2.04. The fraction of sp³-hybridized carbons (Fsp3) is 0.125. The normalized spacial score (nSPS) is 11.9. The predicted octanol–water partition coefficient (Wildman–Crippen LogP) is 4.11. The monoisotopic (exact) mass is 324 g/mol. The number of rotatable bonds is 5. The Labute approximate surface area is 128 Å². The van der Waals surface area contributed by atoms with Gasteiger partial charge >= 0.3 is 0 Å². The molecule has 2 nitrogen and oxygen atoms in total. The van der Waals surface area contributed by atoms with Crippen molar-refractivity contribution in [2.45, 2.75) is 5.75 Å². The first-order valence-electron chi connectivity index (χ1n) is 6.32. The molecule has 0 aliphatic rings. The molecule has 2 aromatic rings. The Morgan fingerprint density at radius 1 is 1.10 bits per heavy atom. The molecule has 0 radical (unpaired) electrons. The summed E-state index contributed by atoms with van der Waals surface area (Å²) in [6.45, 7) is 0. The molecule has 0 aliphatic heterocycles. The van der Waals surface area contributed by atoms with E-state index in [0.717, 1.165) is 11.6 Å². The van der Waals surface area contributed by atoms with Crippen LogP contribution in [0.2, 0.25) is 5.02 Å². The lowest BCUT2D eigenvalue weighted by Crippen LogP contribution is -2.08. The van der Waals surface area contributed by atoms with Crippen LogP contribution in [0.5, 0.6) is 0 Å². The van der Waals surface area contributed by atoms with Crippen molar-refractivity contribution in [3.63, 3.8) is 0 Å². The molecule has 0 bridgehead atoms. The Bertz CT molecular complexity index is 740. The van der Waals surface area contributed by atoms with E-state index in [1.54, 1.807) is 12.2 Å². The third-order valence-electron chi connectivity index (χ3n) is 2.85. The van der Waals surface area contributed by atoms with E-state index in [-0.39, 0.29) is 16.5 Å². The highest BCUT2D eigenvalue weighted by Gasteiger charge is 2.13. The summed E-state index contributed by atoms with van der Waals surface area (Å²) in [5.74, 6) is -0.772. The van der Waals surface area contributed by atoms with E-state index < -0.39 is 15.7 Å². The Morgan fingerprint density at radius 2 is 1.81 bits per heavy atom. The maximum Gasteiger partial charge on any atom is 0.158 e. The van der Waals surface area contributed by atoms with Gasteiger partial charge in [-0.05, 0) is 23.3 Å². The summed E-state index contributed by atoms with van der Waals surface area (Å²) in [5, 5.41) is 0.130. The molecule has 0 spiro atoms. The Hall–Kier alpha value is -1.65. The Morgan fingerprint density at radius 3 is 2.48 bits per heavy atom. The van der Waals surface area contributed by atoms with E-state index in [4.69, 9.17) is 11.6 Å². The number of halogens is 2. The van der Waals surface area contributed by atoms with Crippen molar-refractivity contribution in [1.29, 1.82) is 0 Å². The van der Waals surface area contributed by atoms with Gasteiger partial charge in [-0.25, -0.2) is 12.8 Å². The van der Waals surface area contributed by atoms with Crippen LogP contribution in [0.3, 0.4) is 0 Å². The molecule has 0 heterocycles. The van der Waals surface area contributed by atoms with Crippen molar-refractivity contribution in [1.82, 2.24) is 0 Å². The molecule has 0 amide bonds. The zero-order valence-electron chi connectivity index (χ0n) is 11.2. The van der Waals surface area contributed by atoms with Crippen LogP contribution < -0.4 is 0 Å². The van der Waals surface area contributed by atoms with Gasteiger partial charge in [-0.2, -0.15) is 0 Å². The SMILES string of the molecule is O=S(=O)(CC=Cc1ccccc1)Cc1ccc(F)cc1Cl. The van der Waals surface area contributed by atoms with Crippen LogP contribution in [0, 0.1) is 5.82 Å². The summed E-state index contributed by atoms with van der Waals surface area (Å²) in [6, 6.07) is 13.2. The average Bonchev–Trinajstić information content (AvgIpc) is 2.43. The lowest BCUT2D eigenvalue weighted by molar-refractivity contribution is 0.597. The topological polar surface area (TPSA) is 34.1 Å². The summed E-state index contributed by atoms with van der Waals surface area (Å²) in [5.41, 5.74) is 1.35. The molecule has 5 heteroatoms. The molecule has 0 unspecified atom stereocenters. The molecule has 0 aromatic heterocycles. The predicted molar refractivity (Wildman–Crippen MR) is 84.4 cm³/mol. The average molecular weight is 325 g/mol. The van der Waals surface area contributed by atoms with Gasteiger partial charge in [0.15, 0.2) is 9.84 Å². The van der Waals surface area contributed by atoms with Gasteiger partial charge in [0, 0.05) is 5.02 Å². The van der Waals surface area contributed by atoms with E-state index in [1.807, 2.05) is 30.3 Å². The van der Waals surface area contributed by atoms with Crippen molar-refractivity contribution in [3.8, 4) is 0 Å². The van der Waals surface area contributed by atoms with E-state index in [9.17, 15) is 12.8 Å². The number of benzene rings is 2. The summed E-state index contributed by atoms with van der Waals surface area (Å²) >= 11 is 5.84. The van der Waals surface area contributed by atoms with E-state index in [0.29, 0.717) is 5.56 Å². The van der Waals surface area contributed by atoms with E-state index in [1.165, 1.54) is 12.1 Å². The first-order chi connectivity index (χ1) is 9.96. The second-order valence-corrected chi connectivity index (χ2v) is 7.12. The maximum atomic E-state index is 12.9. The standard InChI is InChI=1S/C16H14ClFO2S/c17-16-11-15(18)9-8-14(16)12-21(19,20)10-4-7-13-5-2-1-3-6-13/h1-9,11H,10,12H2. The van der Waals surface area contributed by atoms with Gasteiger partial charge in [0.1, 0.15) is 5.82 Å². The van der Waals surface area contributed by atoms with Gasteiger partial charge in [0.25, 0.3) is 0 Å². The minimum absolute atomic E-state index is 0.0877. The molecule has 2 aromatic carbocycles. The molecule has 21 heavy (non-hydrogen) atoms. The lowest BCUT2D eigenvalue weighted by atomic mass is 10.2. The molecule has 0 N–H and O–H groups in total. The third-order valence-corrected chi connectivity index (χ3v) is 4.65. The fourth-order valence-corrected chi connectivity index (χ4v) is 3.38. The Kier molecular flexibility index (Phi) is 5.15. The van der Waals surface area contributed by atoms with Crippen LogP contribution >= 0.6 is 11.6 Å². The first kappa shape index (κ1) is 15.7. The van der Waals surface area contributed by atoms with Gasteiger partial charge in [-0.15, -0.1) is 0 Å². The first-order valence-corrected chi connectivity index (χ1v) is 8.52. The van der Waals surface area contributed by atoms with Crippen molar-refractivity contribution in [3.05, 3.63) is 76.6 Å². The summed E-state index contributed by atoms with van der Waals surface area (Å²) in [4.78, 5) is 0. The molecule has 0 aliphatic carbocycles. The molecular formula is C16H14ClFO2S. The van der Waals surface area contributed by atoms with Gasteiger partial charge < -0.3 is 0 Å². The van der Waals surface area contributed by atoms with Gasteiger partial charge in [-0.3, -0.25) is 0 Å². The van der Waals surface area contributed by atoms with Crippen LogP contribution in [0.4, 0.5) is 4.39 Å². The molecule has 0 saturated heterocycles. The molecule has 110 valence electrons. The number of hydrogen-bond acceptors (Lipinski definition) is 2. The molecule has 0 fully saturated rings. The van der Waals surface area contributed by atoms with Gasteiger partial charge in [-0.1, -0.05) is 60.2 Å². The largest absolute Gasteiger partial charge is 0.228 e. The van der Waals surface area contributed by atoms with Gasteiger partial charge in [0.05, 0.1) is 11.5 Å². The quantitative estimate of drug-likeness (QED) is 0.829. The van der Waals surface area contributed by atoms with Crippen LogP contribution in [-0.4, -0.2) is 14.2 Å². The van der Waals surface area contributed by atoms with Crippen LogP contribution in [-0.2, 0) is 15.6 Å². The molecular weight excluding hydrogens is 311 g/mol. The number of sulfone groups is 1. The Balaban J connectivity index is 2.04. The summed E-state index contributed by atoms with van der Waals surface area (Å²) < 4.78 is 37.0. The summed E-state index contributed by atoms with van der Waals surface area (Å²) in [7, 11) is -3.33. The highest BCUT2D eigenvalue weighted by molar-refractivity contribution is 7.90. The van der Waals surface area contributed by atoms with Crippen molar-refractivity contribution >= 4 is 27.5 Å². The van der Waals surface area contributed by atoms with Crippen LogP contribution in [0.25, 0.3) is 6.08 Å². The minimum Gasteiger partial charge on any atom is -0.228 e. The smallest absolute Gasteiger partial charge is 0.158 e. The molecule has 0 atom stereocenters. The second-order valence-electron chi connectivity index (χ2n) is 4.60. The van der Waals surface area contributed by atoms with Crippen LogP contribution in [0.1, 0.15) is 11.1 Å². The van der Waals surface area contributed by atoms with Crippen molar-refractivity contribution in [2.24, 2.45) is 0 Å².